The summed E-state index contributed by atoms with van der Waals surface area (Å²) in [4.78, 5) is 27.1. The van der Waals surface area contributed by atoms with E-state index < -0.39 is 6.10 Å². The van der Waals surface area contributed by atoms with E-state index >= 15 is 0 Å². The first-order valence-electron chi connectivity index (χ1n) is 11.7. The fourth-order valence-corrected chi connectivity index (χ4v) is 4.53. The van der Waals surface area contributed by atoms with Crippen molar-refractivity contribution < 1.29 is 14.3 Å². The molecule has 170 valence electrons. The Kier molecular flexibility index (Phi) is 7.43. The normalized spacial score (nSPS) is 19.0. The summed E-state index contributed by atoms with van der Waals surface area (Å²) in [5.41, 5.74) is 3.14. The molecule has 0 spiro atoms. The maximum Gasteiger partial charge on any atom is 0.266 e. The highest BCUT2D eigenvalue weighted by Gasteiger charge is 2.29. The first-order valence-corrected chi connectivity index (χ1v) is 11.7. The van der Waals surface area contributed by atoms with E-state index in [9.17, 15) is 9.59 Å². The number of hydrogen-bond acceptors (Lipinski definition) is 4. The smallest absolute Gasteiger partial charge is 0.266 e. The number of hydrogen-bond donors (Lipinski definition) is 2. The number of carbonyl (C=O) groups is 2. The minimum Gasteiger partial charge on any atom is -0.478 e. The second-order valence-corrected chi connectivity index (χ2v) is 8.98. The zero-order valence-corrected chi connectivity index (χ0v) is 18.8. The lowest BCUT2D eigenvalue weighted by Gasteiger charge is -2.32. The lowest BCUT2D eigenvalue weighted by atomic mass is 9.90. The van der Waals surface area contributed by atoms with E-state index in [0.29, 0.717) is 18.0 Å². The van der Waals surface area contributed by atoms with E-state index in [1.165, 1.54) is 24.8 Å². The summed E-state index contributed by atoms with van der Waals surface area (Å²) in [6.45, 7) is 5.82. The number of fused-ring (bicyclic) bond motifs is 1. The molecule has 2 amide bonds. The van der Waals surface area contributed by atoms with Crippen molar-refractivity contribution in [3.8, 4) is 5.75 Å². The van der Waals surface area contributed by atoms with Crippen molar-refractivity contribution in [3.63, 3.8) is 0 Å². The van der Waals surface area contributed by atoms with Crippen LogP contribution in [0.4, 0.5) is 5.69 Å². The fourth-order valence-electron chi connectivity index (χ4n) is 4.53. The fraction of sp³-hybridized carbons (Fsp3) is 0.462. The van der Waals surface area contributed by atoms with Gasteiger partial charge in [-0.1, -0.05) is 36.4 Å². The number of carbonyl (C=O) groups excluding carboxylic acids is 2. The molecule has 0 unspecified atom stereocenters. The van der Waals surface area contributed by atoms with Crippen molar-refractivity contribution in [1.29, 1.82) is 0 Å². The zero-order valence-electron chi connectivity index (χ0n) is 18.8. The van der Waals surface area contributed by atoms with Gasteiger partial charge in [-0.2, -0.15) is 0 Å². The molecule has 2 aliphatic heterocycles. The van der Waals surface area contributed by atoms with Gasteiger partial charge >= 0.3 is 0 Å². The second kappa shape index (κ2) is 10.6. The molecule has 1 fully saturated rings. The summed E-state index contributed by atoms with van der Waals surface area (Å²) >= 11 is 0. The standard InChI is InChI=1S/C26H33N3O3/c1-19-8-9-23-22(16-19)28-26(31)24(32-23)18-25(30)27-12-5-13-29-14-10-21(11-15-29)17-20-6-3-2-4-7-20/h2-4,6-9,16,21,24H,5,10-15,17-18H2,1H3,(H,27,30)(H,28,31)/t24-/m0/s1. The van der Waals surface area contributed by atoms with Gasteiger partial charge in [0.1, 0.15) is 5.75 Å². The topological polar surface area (TPSA) is 70.7 Å². The van der Waals surface area contributed by atoms with Crippen molar-refractivity contribution in [2.45, 2.75) is 45.1 Å². The van der Waals surface area contributed by atoms with E-state index in [4.69, 9.17) is 4.74 Å². The quantitative estimate of drug-likeness (QED) is 0.622. The minimum absolute atomic E-state index is 0.0318. The van der Waals surface area contributed by atoms with Crippen LogP contribution >= 0.6 is 0 Å². The van der Waals surface area contributed by atoms with Crippen LogP contribution in [0.2, 0.25) is 0 Å². The largest absolute Gasteiger partial charge is 0.478 e. The van der Waals surface area contributed by atoms with Crippen LogP contribution in [0.3, 0.4) is 0 Å². The molecule has 1 atom stereocenters. The van der Waals surface area contributed by atoms with Crippen molar-refractivity contribution in [2.75, 3.05) is 31.5 Å². The third kappa shape index (κ3) is 6.10. The van der Waals surface area contributed by atoms with E-state index in [-0.39, 0.29) is 18.2 Å². The summed E-state index contributed by atoms with van der Waals surface area (Å²) in [6, 6.07) is 16.4. The predicted octanol–water partition coefficient (Wildman–Crippen LogP) is 3.55. The summed E-state index contributed by atoms with van der Waals surface area (Å²) in [6.07, 6.45) is 3.80. The Morgan fingerprint density at radius 2 is 1.94 bits per heavy atom. The average Bonchev–Trinajstić information content (AvgIpc) is 2.79. The number of anilines is 1. The predicted molar refractivity (Wildman–Crippen MR) is 126 cm³/mol. The minimum atomic E-state index is -0.783. The number of ether oxygens (including phenoxy) is 1. The molecule has 0 aromatic heterocycles. The highest BCUT2D eigenvalue weighted by molar-refractivity contribution is 6.00. The third-order valence-corrected chi connectivity index (χ3v) is 6.37. The van der Waals surface area contributed by atoms with Gasteiger partial charge < -0.3 is 20.3 Å². The first-order chi connectivity index (χ1) is 15.6. The molecule has 1 saturated heterocycles. The molecule has 2 N–H and O–H groups in total. The van der Waals surface area contributed by atoms with Crippen molar-refractivity contribution in [2.24, 2.45) is 5.92 Å². The molecule has 32 heavy (non-hydrogen) atoms. The van der Waals surface area contributed by atoms with Crippen LogP contribution in [0.15, 0.2) is 48.5 Å². The Bertz CT molecular complexity index is 923. The van der Waals surface area contributed by atoms with Gasteiger partial charge in [0, 0.05) is 6.54 Å². The van der Waals surface area contributed by atoms with Gasteiger partial charge in [0.25, 0.3) is 5.91 Å². The highest BCUT2D eigenvalue weighted by Crippen LogP contribution is 2.31. The van der Waals surface area contributed by atoms with Gasteiger partial charge in [0.2, 0.25) is 5.91 Å². The molecule has 0 aliphatic carbocycles. The molecule has 2 aromatic carbocycles. The molecule has 2 aromatic rings. The molecule has 2 heterocycles. The van der Waals surface area contributed by atoms with Gasteiger partial charge in [-0.05, 0) is 81.4 Å². The van der Waals surface area contributed by atoms with Crippen LogP contribution in [0.1, 0.15) is 36.8 Å². The van der Waals surface area contributed by atoms with E-state index in [0.717, 1.165) is 37.5 Å². The number of amides is 2. The maximum absolute atomic E-state index is 12.3. The molecule has 6 heteroatoms. The van der Waals surface area contributed by atoms with E-state index in [1.807, 2.05) is 25.1 Å². The number of nitrogens with zero attached hydrogens (tertiary/aromatic N) is 1. The molecule has 2 aliphatic rings. The SMILES string of the molecule is Cc1ccc2c(c1)NC(=O)[C@H](CC(=O)NCCCN1CCC(Cc3ccccc3)CC1)O2. The van der Waals surface area contributed by atoms with Gasteiger partial charge in [0.05, 0.1) is 12.1 Å². The van der Waals surface area contributed by atoms with Crippen LogP contribution in [-0.4, -0.2) is 49.0 Å². The number of piperidine rings is 1. The average molecular weight is 436 g/mol. The number of aryl methyl sites for hydroxylation is 1. The Morgan fingerprint density at radius 3 is 2.72 bits per heavy atom. The van der Waals surface area contributed by atoms with Crippen molar-refractivity contribution in [1.82, 2.24) is 10.2 Å². The highest BCUT2D eigenvalue weighted by atomic mass is 16.5. The summed E-state index contributed by atoms with van der Waals surface area (Å²) in [5.74, 6) is 0.964. The molecular formula is C26H33N3O3. The van der Waals surface area contributed by atoms with Crippen LogP contribution in [0.5, 0.6) is 5.75 Å². The Hall–Kier alpha value is -2.86. The molecule has 0 saturated carbocycles. The zero-order chi connectivity index (χ0) is 22.3. The molecule has 4 rings (SSSR count). The number of nitrogens with one attached hydrogen (secondary N) is 2. The van der Waals surface area contributed by atoms with Crippen molar-refractivity contribution in [3.05, 3.63) is 59.7 Å². The van der Waals surface area contributed by atoms with Crippen LogP contribution in [-0.2, 0) is 16.0 Å². The van der Waals surface area contributed by atoms with E-state index in [1.54, 1.807) is 0 Å². The Labute approximate surface area is 190 Å². The van der Waals surface area contributed by atoms with Gasteiger partial charge in [0.15, 0.2) is 6.10 Å². The summed E-state index contributed by atoms with van der Waals surface area (Å²) in [5, 5.41) is 5.77. The Balaban J connectivity index is 1.11. The van der Waals surface area contributed by atoms with Gasteiger partial charge in [-0.15, -0.1) is 0 Å². The van der Waals surface area contributed by atoms with Gasteiger partial charge in [-0.25, -0.2) is 0 Å². The summed E-state index contributed by atoms with van der Waals surface area (Å²) < 4.78 is 5.74. The van der Waals surface area contributed by atoms with Crippen LogP contribution < -0.4 is 15.4 Å². The molecule has 0 radical (unpaired) electrons. The summed E-state index contributed by atoms with van der Waals surface area (Å²) in [7, 11) is 0. The van der Waals surface area contributed by atoms with Crippen molar-refractivity contribution >= 4 is 17.5 Å². The number of benzene rings is 2. The second-order valence-electron chi connectivity index (χ2n) is 8.98. The van der Waals surface area contributed by atoms with Gasteiger partial charge in [-0.3, -0.25) is 9.59 Å². The lowest BCUT2D eigenvalue weighted by Crippen LogP contribution is -2.41. The van der Waals surface area contributed by atoms with E-state index in [2.05, 4.69) is 45.9 Å². The molecular weight excluding hydrogens is 402 g/mol. The molecule has 0 bridgehead atoms. The maximum atomic E-state index is 12.3. The Morgan fingerprint density at radius 1 is 1.16 bits per heavy atom. The number of likely N-dealkylation sites (tertiary alicyclic amines) is 1. The lowest BCUT2D eigenvalue weighted by molar-refractivity contribution is -0.130. The number of rotatable bonds is 8. The van der Waals surface area contributed by atoms with Crippen LogP contribution in [0, 0.1) is 12.8 Å². The molecule has 6 nitrogen and oxygen atoms in total. The first kappa shape index (κ1) is 22.3. The monoisotopic (exact) mass is 435 g/mol. The van der Waals surface area contributed by atoms with Crippen LogP contribution in [0.25, 0.3) is 0 Å². The third-order valence-electron chi connectivity index (χ3n) is 6.37.